The Morgan fingerprint density at radius 3 is 2.35 bits per heavy atom. The summed E-state index contributed by atoms with van der Waals surface area (Å²) in [5, 5.41) is 8.85. The summed E-state index contributed by atoms with van der Waals surface area (Å²) in [7, 11) is 0. The van der Waals surface area contributed by atoms with E-state index in [2.05, 4.69) is 9.80 Å². The second-order valence-corrected chi connectivity index (χ2v) is 5.55. The minimum atomic E-state index is 0.137. The predicted molar refractivity (Wildman–Crippen MR) is 69.9 cm³/mol. The Hall–Kier alpha value is -0.160. The van der Waals surface area contributed by atoms with Crippen LogP contribution >= 0.6 is 0 Å². The first-order valence-corrected chi connectivity index (χ1v) is 7.12. The van der Waals surface area contributed by atoms with Crippen molar-refractivity contribution in [3.05, 3.63) is 0 Å². The molecule has 1 aliphatic carbocycles. The van der Waals surface area contributed by atoms with Crippen molar-refractivity contribution in [3.63, 3.8) is 0 Å². The van der Waals surface area contributed by atoms with Crippen LogP contribution in [0.25, 0.3) is 0 Å². The summed E-state index contributed by atoms with van der Waals surface area (Å²) in [6, 6.07) is 1.00. The first-order valence-electron chi connectivity index (χ1n) is 7.12. The second kappa shape index (κ2) is 6.69. The first kappa shape index (κ1) is 13.3. The zero-order valence-electron chi connectivity index (χ0n) is 10.9. The van der Waals surface area contributed by atoms with Crippen molar-refractivity contribution in [3.8, 4) is 0 Å². The standard InChI is InChI=1S/C13H27N3O/c14-12(5-10-17)11-15-6-8-16(9-7-15)13-3-1-2-4-13/h12-13,17H,1-11,14H2. The van der Waals surface area contributed by atoms with Crippen molar-refractivity contribution in [2.75, 3.05) is 39.3 Å². The van der Waals surface area contributed by atoms with Gasteiger partial charge in [0.05, 0.1) is 0 Å². The molecule has 0 amide bonds. The number of rotatable bonds is 5. The molecule has 0 aromatic carbocycles. The quantitative estimate of drug-likeness (QED) is 0.725. The summed E-state index contributed by atoms with van der Waals surface area (Å²) in [6.45, 7) is 5.86. The number of hydrogen-bond donors (Lipinski definition) is 2. The fourth-order valence-electron chi connectivity index (χ4n) is 3.17. The minimum Gasteiger partial charge on any atom is -0.396 e. The maximum Gasteiger partial charge on any atom is 0.0446 e. The maximum atomic E-state index is 8.85. The Bertz CT molecular complexity index is 211. The summed E-state index contributed by atoms with van der Waals surface area (Å²) in [4.78, 5) is 5.12. The van der Waals surface area contributed by atoms with Crippen molar-refractivity contribution in [2.24, 2.45) is 5.73 Å². The Labute approximate surface area is 105 Å². The molecule has 2 rings (SSSR count). The molecule has 1 atom stereocenters. The third-order valence-electron chi connectivity index (χ3n) is 4.24. The molecule has 0 spiro atoms. The molecule has 100 valence electrons. The van der Waals surface area contributed by atoms with Gasteiger partial charge in [0.15, 0.2) is 0 Å². The van der Waals surface area contributed by atoms with Crippen LogP contribution in [0.15, 0.2) is 0 Å². The third kappa shape index (κ3) is 3.91. The normalized spacial score (nSPS) is 26.5. The Balaban J connectivity index is 1.66. The topological polar surface area (TPSA) is 52.7 Å². The van der Waals surface area contributed by atoms with Crippen LogP contribution in [0.2, 0.25) is 0 Å². The summed E-state index contributed by atoms with van der Waals surface area (Å²) >= 11 is 0. The summed E-state index contributed by atoms with van der Waals surface area (Å²) in [6.07, 6.45) is 6.38. The van der Waals surface area contributed by atoms with Gasteiger partial charge < -0.3 is 10.8 Å². The highest BCUT2D eigenvalue weighted by molar-refractivity contribution is 4.83. The van der Waals surface area contributed by atoms with E-state index in [1.54, 1.807) is 0 Å². The van der Waals surface area contributed by atoms with Crippen molar-refractivity contribution < 1.29 is 5.11 Å². The van der Waals surface area contributed by atoms with Crippen LogP contribution in [0.5, 0.6) is 0 Å². The molecule has 17 heavy (non-hydrogen) atoms. The van der Waals surface area contributed by atoms with E-state index in [1.807, 2.05) is 0 Å². The Kier molecular flexibility index (Phi) is 5.22. The van der Waals surface area contributed by atoms with Gasteiger partial charge in [-0.2, -0.15) is 0 Å². The lowest BCUT2D eigenvalue weighted by atomic mass is 10.1. The lowest BCUT2D eigenvalue weighted by Gasteiger charge is -2.38. The van der Waals surface area contributed by atoms with Gasteiger partial charge in [0.2, 0.25) is 0 Å². The molecule has 0 aromatic rings. The number of aliphatic hydroxyl groups excluding tert-OH is 1. The van der Waals surface area contributed by atoms with Crippen LogP contribution in [-0.2, 0) is 0 Å². The molecular weight excluding hydrogens is 214 g/mol. The number of piperazine rings is 1. The highest BCUT2D eigenvalue weighted by Crippen LogP contribution is 2.24. The molecule has 0 aromatic heterocycles. The molecule has 3 N–H and O–H groups in total. The van der Waals surface area contributed by atoms with Crippen molar-refractivity contribution in [2.45, 2.75) is 44.2 Å². The zero-order chi connectivity index (χ0) is 12.1. The molecule has 4 nitrogen and oxygen atoms in total. The van der Waals surface area contributed by atoms with E-state index in [0.717, 1.165) is 32.1 Å². The van der Waals surface area contributed by atoms with E-state index >= 15 is 0 Å². The first-order chi connectivity index (χ1) is 8.29. The summed E-state index contributed by atoms with van der Waals surface area (Å²) in [5.41, 5.74) is 5.96. The van der Waals surface area contributed by atoms with Crippen LogP contribution in [0.1, 0.15) is 32.1 Å². The lowest BCUT2D eigenvalue weighted by Crippen LogP contribution is -2.52. The van der Waals surface area contributed by atoms with Gasteiger partial charge in [-0.05, 0) is 19.3 Å². The van der Waals surface area contributed by atoms with E-state index in [0.29, 0.717) is 0 Å². The van der Waals surface area contributed by atoms with Crippen molar-refractivity contribution >= 4 is 0 Å². The average Bonchev–Trinajstić information content (AvgIpc) is 2.84. The van der Waals surface area contributed by atoms with Gasteiger partial charge in [-0.3, -0.25) is 9.80 Å². The third-order valence-corrected chi connectivity index (χ3v) is 4.24. The molecule has 1 heterocycles. The summed E-state index contributed by atoms with van der Waals surface area (Å²) in [5.74, 6) is 0. The van der Waals surface area contributed by atoms with Crippen LogP contribution in [0.4, 0.5) is 0 Å². The number of nitrogens with zero attached hydrogens (tertiary/aromatic N) is 2. The smallest absolute Gasteiger partial charge is 0.0446 e. The molecule has 1 aliphatic heterocycles. The monoisotopic (exact) mass is 241 g/mol. The molecule has 4 heteroatoms. The molecule has 2 fully saturated rings. The van der Waals surface area contributed by atoms with Gasteiger partial charge in [0, 0.05) is 51.4 Å². The van der Waals surface area contributed by atoms with E-state index in [9.17, 15) is 0 Å². The fourth-order valence-corrected chi connectivity index (χ4v) is 3.17. The van der Waals surface area contributed by atoms with E-state index < -0.39 is 0 Å². The molecule has 1 unspecified atom stereocenters. The average molecular weight is 241 g/mol. The Morgan fingerprint density at radius 2 is 1.76 bits per heavy atom. The van der Waals surface area contributed by atoms with Crippen LogP contribution in [-0.4, -0.2) is 66.3 Å². The SMILES string of the molecule is NC(CCO)CN1CCN(C2CCCC2)CC1. The van der Waals surface area contributed by atoms with Crippen molar-refractivity contribution in [1.29, 1.82) is 0 Å². The highest BCUT2D eigenvalue weighted by Gasteiger charge is 2.26. The molecular formula is C13H27N3O. The summed E-state index contributed by atoms with van der Waals surface area (Å²) < 4.78 is 0. The van der Waals surface area contributed by atoms with Crippen LogP contribution in [0, 0.1) is 0 Å². The molecule has 2 aliphatic rings. The van der Waals surface area contributed by atoms with Gasteiger partial charge >= 0.3 is 0 Å². The Morgan fingerprint density at radius 1 is 1.12 bits per heavy atom. The number of hydrogen-bond acceptors (Lipinski definition) is 4. The van der Waals surface area contributed by atoms with E-state index in [1.165, 1.54) is 38.8 Å². The van der Waals surface area contributed by atoms with Gasteiger partial charge in [0.25, 0.3) is 0 Å². The predicted octanol–water partition coefficient (Wildman–Crippen LogP) is 0.256. The maximum absolute atomic E-state index is 8.85. The van der Waals surface area contributed by atoms with Crippen molar-refractivity contribution in [1.82, 2.24) is 9.80 Å². The lowest BCUT2D eigenvalue weighted by molar-refractivity contribution is 0.0920. The van der Waals surface area contributed by atoms with Crippen LogP contribution < -0.4 is 5.73 Å². The fraction of sp³-hybridized carbons (Fsp3) is 1.00. The minimum absolute atomic E-state index is 0.137. The number of nitrogens with two attached hydrogens (primary N) is 1. The second-order valence-electron chi connectivity index (χ2n) is 5.55. The highest BCUT2D eigenvalue weighted by atomic mass is 16.3. The number of aliphatic hydroxyl groups is 1. The largest absolute Gasteiger partial charge is 0.396 e. The van der Waals surface area contributed by atoms with E-state index in [4.69, 9.17) is 10.8 Å². The molecule has 1 saturated carbocycles. The van der Waals surface area contributed by atoms with Gasteiger partial charge in [-0.1, -0.05) is 12.8 Å². The van der Waals surface area contributed by atoms with Gasteiger partial charge in [-0.25, -0.2) is 0 Å². The zero-order valence-corrected chi connectivity index (χ0v) is 10.9. The molecule has 0 bridgehead atoms. The van der Waals surface area contributed by atoms with Gasteiger partial charge in [-0.15, -0.1) is 0 Å². The molecule has 1 saturated heterocycles. The molecule has 0 radical (unpaired) electrons. The van der Waals surface area contributed by atoms with Crippen LogP contribution in [0.3, 0.4) is 0 Å². The van der Waals surface area contributed by atoms with Gasteiger partial charge in [0.1, 0.15) is 0 Å². The van der Waals surface area contributed by atoms with E-state index in [-0.39, 0.29) is 12.6 Å².